The number of hydrogen-bond donors (Lipinski definition) is 2. The monoisotopic (exact) mass is 347 g/mol. The summed E-state index contributed by atoms with van der Waals surface area (Å²) in [7, 11) is 4.02. The molecule has 134 valence electrons. The van der Waals surface area contributed by atoms with E-state index in [0.29, 0.717) is 0 Å². The lowest BCUT2D eigenvalue weighted by atomic mass is 9.85. The van der Waals surface area contributed by atoms with E-state index in [2.05, 4.69) is 35.4 Å². The second kappa shape index (κ2) is 6.52. The minimum Gasteiger partial charge on any atom is -0.378 e. The summed E-state index contributed by atoms with van der Waals surface area (Å²) in [6, 6.07) is 14.5. The van der Waals surface area contributed by atoms with E-state index in [1.807, 2.05) is 43.3 Å². The first-order chi connectivity index (χ1) is 12.5. The van der Waals surface area contributed by atoms with Gasteiger partial charge in [-0.15, -0.1) is 0 Å². The summed E-state index contributed by atoms with van der Waals surface area (Å²) in [5.74, 6) is 0.144. The van der Waals surface area contributed by atoms with Crippen LogP contribution in [0.25, 0.3) is 10.9 Å². The Balaban J connectivity index is 1.52. The third-order valence-electron chi connectivity index (χ3n) is 5.37. The van der Waals surface area contributed by atoms with E-state index in [1.165, 1.54) is 27.7 Å². The Morgan fingerprint density at radius 2 is 1.92 bits per heavy atom. The molecule has 1 aromatic heterocycles. The second-order valence-electron chi connectivity index (χ2n) is 7.50. The van der Waals surface area contributed by atoms with Gasteiger partial charge < -0.3 is 15.2 Å². The van der Waals surface area contributed by atoms with Crippen LogP contribution in [0.15, 0.2) is 42.5 Å². The Labute approximate surface area is 154 Å². The molecule has 26 heavy (non-hydrogen) atoms. The van der Waals surface area contributed by atoms with Crippen molar-refractivity contribution in [3.63, 3.8) is 0 Å². The molecule has 1 heterocycles. The van der Waals surface area contributed by atoms with Crippen molar-refractivity contribution in [2.75, 3.05) is 24.3 Å². The van der Waals surface area contributed by atoms with Crippen LogP contribution < -0.4 is 10.2 Å². The average Bonchev–Trinajstić information content (AvgIpc) is 2.99. The molecular weight excluding hydrogens is 322 g/mol. The van der Waals surface area contributed by atoms with Crippen molar-refractivity contribution < 1.29 is 4.79 Å². The predicted octanol–water partition coefficient (Wildman–Crippen LogP) is 4.29. The highest BCUT2D eigenvalue weighted by Gasteiger charge is 2.27. The minimum absolute atomic E-state index is 0.0236. The van der Waals surface area contributed by atoms with Gasteiger partial charge >= 0.3 is 0 Å². The number of aryl methyl sites for hydroxylation is 2. The van der Waals surface area contributed by atoms with Crippen LogP contribution in [0.1, 0.15) is 23.2 Å². The molecule has 0 aliphatic heterocycles. The number of nitrogens with one attached hydrogen (secondary N) is 2. The largest absolute Gasteiger partial charge is 0.378 e. The number of aromatic nitrogens is 1. The molecule has 2 aromatic carbocycles. The van der Waals surface area contributed by atoms with Gasteiger partial charge in [0, 0.05) is 48.0 Å². The molecule has 3 aromatic rings. The van der Waals surface area contributed by atoms with Gasteiger partial charge in [-0.05, 0) is 68.1 Å². The summed E-state index contributed by atoms with van der Waals surface area (Å²) in [5.41, 5.74) is 7.04. The van der Waals surface area contributed by atoms with Gasteiger partial charge in [0.1, 0.15) is 0 Å². The number of anilines is 2. The zero-order valence-corrected chi connectivity index (χ0v) is 15.6. The summed E-state index contributed by atoms with van der Waals surface area (Å²) in [6.07, 6.45) is 2.63. The van der Waals surface area contributed by atoms with Crippen LogP contribution in [0.5, 0.6) is 0 Å². The Kier molecular flexibility index (Phi) is 4.19. The van der Waals surface area contributed by atoms with Gasteiger partial charge in [0.05, 0.1) is 0 Å². The van der Waals surface area contributed by atoms with E-state index in [-0.39, 0.29) is 11.8 Å². The van der Waals surface area contributed by atoms with Crippen LogP contribution in [0.4, 0.5) is 11.4 Å². The summed E-state index contributed by atoms with van der Waals surface area (Å²) >= 11 is 0. The molecule has 0 saturated carbocycles. The summed E-state index contributed by atoms with van der Waals surface area (Å²) in [6.45, 7) is 2.11. The lowest BCUT2D eigenvalue weighted by molar-refractivity contribution is -0.120. The molecule has 1 unspecified atom stereocenters. The molecule has 4 nitrogen and oxygen atoms in total. The maximum absolute atomic E-state index is 12.8. The summed E-state index contributed by atoms with van der Waals surface area (Å²) in [4.78, 5) is 18.4. The lowest BCUT2D eigenvalue weighted by Crippen LogP contribution is -2.28. The van der Waals surface area contributed by atoms with Gasteiger partial charge in [0.25, 0.3) is 0 Å². The van der Waals surface area contributed by atoms with Crippen LogP contribution in [-0.4, -0.2) is 25.0 Å². The molecule has 4 rings (SSSR count). The summed E-state index contributed by atoms with van der Waals surface area (Å²) in [5, 5.41) is 4.36. The number of fused-ring (bicyclic) bond motifs is 3. The number of nitrogens with zero attached hydrogens (tertiary/aromatic N) is 1. The van der Waals surface area contributed by atoms with Crippen molar-refractivity contribution in [2.45, 2.75) is 26.2 Å². The first kappa shape index (κ1) is 16.7. The first-order valence-electron chi connectivity index (χ1n) is 9.19. The molecule has 0 fully saturated rings. The topological polar surface area (TPSA) is 48.1 Å². The van der Waals surface area contributed by atoms with E-state index in [9.17, 15) is 4.79 Å². The standard InChI is InChI=1S/C22H25N3O/c1-14-4-10-20-18(12-14)19-13-15(5-11-21(19)24-20)22(26)23-16-6-8-17(9-7-16)25(2)3/h4,6-10,12,15,24H,5,11,13H2,1-3H3,(H,23,26). The molecular formula is C22H25N3O. The van der Waals surface area contributed by atoms with Crippen molar-refractivity contribution in [3.05, 3.63) is 59.3 Å². The maximum Gasteiger partial charge on any atom is 0.227 e. The fourth-order valence-electron chi connectivity index (χ4n) is 3.84. The highest BCUT2D eigenvalue weighted by Crippen LogP contribution is 2.33. The van der Waals surface area contributed by atoms with Gasteiger partial charge in [-0.3, -0.25) is 4.79 Å². The van der Waals surface area contributed by atoms with Crippen molar-refractivity contribution >= 4 is 28.2 Å². The van der Waals surface area contributed by atoms with Crippen molar-refractivity contribution in [1.82, 2.24) is 4.98 Å². The smallest absolute Gasteiger partial charge is 0.227 e. The number of aromatic amines is 1. The molecule has 1 aliphatic rings. The van der Waals surface area contributed by atoms with Crippen LogP contribution in [0.3, 0.4) is 0 Å². The first-order valence-corrected chi connectivity index (χ1v) is 9.19. The Morgan fingerprint density at radius 1 is 1.15 bits per heavy atom. The quantitative estimate of drug-likeness (QED) is 0.743. The van der Waals surface area contributed by atoms with Crippen molar-refractivity contribution in [2.24, 2.45) is 5.92 Å². The van der Waals surface area contributed by atoms with Crippen LogP contribution in [0.2, 0.25) is 0 Å². The van der Waals surface area contributed by atoms with Gasteiger partial charge in [0.2, 0.25) is 5.91 Å². The number of H-pyrrole nitrogens is 1. The van der Waals surface area contributed by atoms with Crippen molar-refractivity contribution in [3.8, 4) is 0 Å². The van der Waals surface area contributed by atoms with Gasteiger partial charge in [-0.2, -0.15) is 0 Å². The number of amides is 1. The molecule has 0 saturated heterocycles. The van der Waals surface area contributed by atoms with E-state index in [4.69, 9.17) is 0 Å². The molecule has 4 heteroatoms. The molecule has 1 atom stereocenters. The van der Waals surface area contributed by atoms with E-state index in [1.54, 1.807) is 0 Å². The fraction of sp³-hybridized carbons (Fsp3) is 0.318. The Hall–Kier alpha value is -2.75. The highest BCUT2D eigenvalue weighted by atomic mass is 16.1. The molecule has 0 bridgehead atoms. The fourth-order valence-corrected chi connectivity index (χ4v) is 3.84. The number of hydrogen-bond acceptors (Lipinski definition) is 2. The molecule has 0 radical (unpaired) electrons. The molecule has 1 amide bonds. The number of carbonyl (C=O) groups is 1. The van der Waals surface area contributed by atoms with Crippen LogP contribution >= 0.6 is 0 Å². The molecule has 0 spiro atoms. The summed E-state index contributed by atoms with van der Waals surface area (Å²) < 4.78 is 0. The van der Waals surface area contributed by atoms with Gasteiger partial charge in [-0.1, -0.05) is 11.6 Å². The Morgan fingerprint density at radius 3 is 2.65 bits per heavy atom. The van der Waals surface area contributed by atoms with E-state index >= 15 is 0 Å². The maximum atomic E-state index is 12.8. The predicted molar refractivity (Wildman–Crippen MR) is 108 cm³/mol. The average molecular weight is 347 g/mol. The van der Waals surface area contributed by atoms with E-state index in [0.717, 1.165) is 30.6 Å². The zero-order valence-electron chi connectivity index (χ0n) is 15.6. The highest BCUT2D eigenvalue weighted by molar-refractivity contribution is 5.94. The minimum atomic E-state index is 0.0236. The number of carbonyl (C=O) groups excluding carboxylic acids is 1. The Bertz CT molecular complexity index is 953. The zero-order chi connectivity index (χ0) is 18.3. The third kappa shape index (κ3) is 3.07. The van der Waals surface area contributed by atoms with Gasteiger partial charge in [0.15, 0.2) is 0 Å². The SMILES string of the molecule is Cc1ccc2[nH]c3c(c2c1)CC(C(=O)Nc1ccc(N(C)C)cc1)CC3. The third-order valence-corrected chi connectivity index (χ3v) is 5.37. The molecule has 2 N–H and O–H groups in total. The van der Waals surface area contributed by atoms with Crippen molar-refractivity contribution in [1.29, 1.82) is 0 Å². The van der Waals surface area contributed by atoms with E-state index < -0.39 is 0 Å². The van der Waals surface area contributed by atoms with Gasteiger partial charge in [-0.25, -0.2) is 0 Å². The number of rotatable bonds is 3. The lowest BCUT2D eigenvalue weighted by Gasteiger charge is -2.22. The second-order valence-corrected chi connectivity index (χ2v) is 7.50. The van der Waals surface area contributed by atoms with Crippen LogP contribution in [-0.2, 0) is 17.6 Å². The number of benzene rings is 2. The van der Waals surface area contributed by atoms with Crippen LogP contribution in [0, 0.1) is 12.8 Å². The molecule has 1 aliphatic carbocycles. The normalized spacial score (nSPS) is 16.3.